The highest BCUT2D eigenvalue weighted by Gasteiger charge is 2.12. The summed E-state index contributed by atoms with van der Waals surface area (Å²) >= 11 is 7.37. The normalized spacial score (nSPS) is 10.4. The third-order valence-corrected chi connectivity index (χ3v) is 5.87. The molecule has 7 nitrogen and oxygen atoms in total. The van der Waals surface area contributed by atoms with E-state index in [4.69, 9.17) is 25.8 Å². The number of amides is 1. The average molecular weight is 494 g/mol. The van der Waals surface area contributed by atoms with Crippen LogP contribution in [0.3, 0.4) is 0 Å². The van der Waals surface area contributed by atoms with Crippen LogP contribution in [0.25, 0.3) is 0 Å². The molecule has 4 rings (SSSR count). The third-order valence-electron chi connectivity index (χ3n) is 4.63. The van der Waals surface area contributed by atoms with E-state index < -0.39 is 0 Å². The SMILES string of the molecule is COc1ccc(NC(=O)c2ccc(Oc3nccnc3Sc3ccc(Cl)cc3)cc2)cc1OC. The maximum Gasteiger partial charge on any atom is 0.255 e. The van der Waals surface area contributed by atoms with Crippen LogP contribution >= 0.6 is 23.4 Å². The van der Waals surface area contributed by atoms with Gasteiger partial charge in [-0.25, -0.2) is 9.97 Å². The highest BCUT2D eigenvalue weighted by atomic mass is 35.5. The molecule has 172 valence electrons. The van der Waals surface area contributed by atoms with Gasteiger partial charge in [-0.05, 0) is 60.7 Å². The van der Waals surface area contributed by atoms with Crippen LogP contribution in [0.4, 0.5) is 5.69 Å². The van der Waals surface area contributed by atoms with Crippen LogP contribution < -0.4 is 19.5 Å². The number of nitrogens with zero attached hydrogens (tertiary/aromatic N) is 2. The van der Waals surface area contributed by atoms with Gasteiger partial charge in [0.2, 0.25) is 0 Å². The highest BCUT2D eigenvalue weighted by Crippen LogP contribution is 2.34. The van der Waals surface area contributed by atoms with Crippen LogP contribution in [0.15, 0.2) is 89.0 Å². The van der Waals surface area contributed by atoms with Crippen LogP contribution in [0.1, 0.15) is 10.4 Å². The number of nitrogens with one attached hydrogen (secondary N) is 1. The number of carbonyl (C=O) groups excluding carboxylic acids is 1. The molecule has 0 fully saturated rings. The van der Waals surface area contributed by atoms with Crippen molar-refractivity contribution in [2.45, 2.75) is 9.92 Å². The molecule has 0 aliphatic heterocycles. The Hall–Kier alpha value is -3.75. The number of ether oxygens (including phenoxy) is 3. The highest BCUT2D eigenvalue weighted by molar-refractivity contribution is 7.99. The van der Waals surface area contributed by atoms with Crippen molar-refractivity contribution in [1.29, 1.82) is 0 Å². The number of hydrogen-bond acceptors (Lipinski definition) is 7. The number of anilines is 1. The molecule has 0 bridgehead atoms. The average Bonchev–Trinajstić information content (AvgIpc) is 2.87. The van der Waals surface area contributed by atoms with Crippen molar-refractivity contribution >= 4 is 35.0 Å². The molecule has 1 amide bonds. The van der Waals surface area contributed by atoms with E-state index in [9.17, 15) is 4.79 Å². The Kier molecular flexibility index (Phi) is 7.51. The summed E-state index contributed by atoms with van der Waals surface area (Å²) in [4.78, 5) is 22.3. The smallest absolute Gasteiger partial charge is 0.255 e. The zero-order valence-electron chi connectivity index (χ0n) is 18.3. The summed E-state index contributed by atoms with van der Waals surface area (Å²) in [7, 11) is 3.10. The van der Waals surface area contributed by atoms with Gasteiger partial charge in [0, 0.05) is 39.6 Å². The summed E-state index contributed by atoms with van der Waals surface area (Å²) in [6, 6.07) is 19.3. The lowest BCUT2D eigenvalue weighted by molar-refractivity contribution is 0.102. The van der Waals surface area contributed by atoms with Gasteiger partial charge in [-0.3, -0.25) is 4.79 Å². The van der Waals surface area contributed by atoms with E-state index in [1.807, 2.05) is 24.3 Å². The van der Waals surface area contributed by atoms with Crippen LogP contribution in [-0.2, 0) is 0 Å². The minimum atomic E-state index is -0.266. The molecule has 1 heterocycles. The Morgan fingerprint density at radius 2 is 1.59 bits per heavy atom. The van der Waals surface area contributed by atoms with Gasteiger partial charge in [0.15, 0.2) is 16.5 Å². The van der Waals surface area contributed by atoms with Crippen molar-refractivity contribution in [2.24, 2.45) is 0 Å². The van der Waals surface area contributed by atoms with Crippen LogP contribution in [0.5, 0.6) is 23.1 Å². The van der Waals surface area contributed by atoms with Crippen LogP contribution in [0.2, 0.25) is 5.02 Å². The number of aromatic nitrogens is 2. The van der Waals surface area contributed by atoms with Gasteiger partial charge in [0.25, 0.3) is 11.8 Å². The molecule has 3 aromatic carbocycles. The molecule has 0 aliphatic carbocycles. The van der Waals surface area contributed by atoms with E-state index in [1.54, 1.807) is 69.1 Å². The third kappa shape index (κ3) is 5.78. The molecular weight excluding hydrogens is 474 g/mol. The lowest BCUT2D eigenvalue weighted by atomic mass is 10.2. The van der Waals surface area contributed by atoms with Gasteiger partial charge < -0.3 is 19.5 Å². The first-order valence-electron chi connectivity index (χ1n) is 10.1. The van der Waals surface area contributed by atoms with Crippen molar-refractivity contribution in [1.82, 2.24) is 9.97 Å². The lowest BCUT2D eigenvalue weighted by Gasteiger charge is -2.11. The van der Waals surface area contributed by atoms with E-state index in [2.05, 4.69) is 15.3 Å². The number of hydrogen-bond donors (Lipinski definition) is 1. The Morgan fingerprint density at radius 3 is 2.29 bits per heavy atom. The first-order chi connectivity index (χ1) is 16.6. The molecule has 1 N–H and O–H groups in total. The van der Waals surface area contributed by atoms with Gasteiger partial charge in [0.1, 0.15) is 5.75 Å². The maximum atomic E-state index is 12.7. The minimum Gasteiger partial charge on any atom is -0.493 e. The summed E-state index contributed by atoms with van der Waals surface area (Å²) in [6.07, 6.45) is 3.17. The first kappa shape index (κ1) is 23.4. The molecule has 0 atom stereocenters. The van der Waals surface area contributed by atoms with Crippen molar-refractivity contribution in [3.8, 4) is 23.1 Å². The summed E-state index contributed by atoms with van der Waals surface area (Å²) in [5.41, 5.74) is 1.06. The Labute approximate surface area is 206 Å². The van der Waals surface area contributed by atoms with Crippen LogP contribution in [-0.4, -0.2) is 30.1 Å². The standard InChI is InChI=1S/C25H20ClN3O4S/c1-31-21-12-7-18(15-22(21)32-2)29-23(30)16-3-8-19(9-4-16)33-24-25(28-14-13-27-24)34-20-10-5-17(26)6-11-20/h3-15H,1-2H3,(H,29,30). The number of carbonyl (C=O) groups is 1. The Morgan fingerprint density at radius 1 is 0.882 bits per heavy atom. The second kappa shape index (κ2) is 10.9. The fraction of sp³-hybridized carbons (Fsp3) is 0.0800. The molecule has 1 aromatic heterocycles. The molecule has 0 unspecified atom stereocenters. The topological polar surface area (TPSA) is 82.6 Å². The van der Waals surface area contributed by atoms with E-state index in [0.717, 1.165) is 4.90 Å². The predicted molar refractivity (Wildman–Crippen MR) is 132 cm³/mol. The van der Waals surface area contributed by atoms with Crippen molar-refractivity contribution < 1.29 is 19.0 Å². The molecule has 0 aliphatic rings. The molecule has 34 heavy (non-hydrogen) atoms. The number of halogens is 1. The van der Waals surface area contributed by atoms with E-state index in [1.165, 1.54) is 11.8 Å². The van der Waals surface area contributed by atoms with E-state index in [0.29, 0.717) is 44.4 Å². The molecule has 0 radical (unpaired) electrons. The van der Waals surface area contributed by atoms with Gasteiger partial charge in [-0.2, -0.15) is 0 Å². The number of rotatable bonds is 8. The minimum absolute atomic E-state index is 0.266. The fourth-order valence-electron chi connectivity index (χ4n) is 2.97. The second-order valence-corrected chi connectivity index (χ2v) is 8.37. The molecule has 0 saturated carbocycles. The second-order valence-electron chi connectivity index (χ2n) is 6.87. The van der Waals surface area contributed by atoms with Crippen molar-refractivity contribution in [3.63, 3.8) is 0 Å². The molecule has 0 saturated heterocycles. The summed E-state index contributed by atoms with van der Waals surface area (Å²) in [6.45, 7) is 0. The lowest BCUT2D eigenvalue weighted by Crippen LogP contribution is -2.11. The fourth-order valence-corrected chi connectivity index (χ4v) is 3.89. The molecule has 4 aromatic rings. The van der Waals surface area contributed by atoms with E-state index >= 15 is 0 Å². The summed E-state index contributed by atoms with van der Waals surface area (Å²) < 4.78 is 16.4. The van der Waals surface area contributed by atoms with Gasteiger partial charge in [-0.1, -0.05) is 23.4 Å². The number of methoxy groups -OCH3 is 2. The maximum absolute atomic E-state index is 12.7. The zero-order chi connectivity index (χ0) is 23.9. The molecule has 9 heteroatoms. The van der Waals surface area contributed by atoms with Crippen LogP contribution in [0, 0.1) is 0 Å². The summed E-state index contributed by atoms with van der Waals surface area (Å²) in [5.74, 6) is 1.74. The Balaban J connectivity index is 1.44. The van der Waals surface area contributed by atoms with Crippen molar-refractivity contribution in [2.75, 3.05) is 19.5 Å². The van der Waals surface area contributed by atoms with Gasteiger partial charge >= 0.3 is 0 Å². The van der Waals surface area contributed by atoms with E-state index in [-0.39, 0.29) is 5.91 Å². The predicted octanol–water partition coefficient (Wildman–Crippen LogP) is 6.34. The molecular formula is C25H20ClN3O4S. The monoisotopic (exact) mass is 493 g/mol. The Bertz CT molecular complexity index is 1280. The zero-order valence-corrected chi connectivity index (χ0v) is 19.9. The van der Waals surface area contributed by atoms with Crippen molar-refractivity contribution in [3.05, 3.63) is 89.7 Å². The van der Waals surface area contributed by atoms with Gasteiger partial charge in [0.05, 0.1) is 14.2 Å². The largest absolute Gasteiger partial charge is 0.493 e. The quantitative estimate of drug-likeness (QED) is 0.306. The van der Waals surface area contributed by atoms with Gasteiger partial charge in [-0.15, -0.1) is 0 Å². The number of benzene rings is 3. The molecule has 0 spiro atoms. The summed E-state index contributed by atoms with van der Waals surface area (Å²) in [5, 5.41) is 4.12. The first-order valence-corrected chi connectivity index (χ1v) is 11.3.